The predicted octanol–water partition coefficient (Wildman–Crippen LogP) is 8.12. The minimum atomic E-state index is -2.68. The van der Waals surface area contributed by atoms with E-state index in [1.54, 1.807) is 48.5 Å². The van der Waals surface area contributed by atoms with Gasteiger partial charge in [-0.3, -0.25) is 4.98 Å². The largest absolute Gasteiger partial charge is 0.497 e. The molecule has 0 spiro atoms. The van der Waals surface area contributed by atoms with Crippen molar-refractivity contribution in [2.24, 2.45) is 0 Å². The molecule has 0 aliphatic carbocycles. The van der Waals surface area contributed by atoms with E-state index in [1.165, 1.54) is 6.07 Å². The summed E-state index contributed by atoms with van der Waals surface area (Å²) in [6, 6.07) is 15.5. The molecule has 7 rings (SSSR count). The van der Waals surface area contributed by atoms with Crippen LogP contribution in [-0.4, -0.2) is 39.2 Å². The van der Waals surface area contributed by atoms with Crippen LogP contribution in [0.4, 0.5) is 18.9 Å². The molecule has 1 atom stereocenters. The number of thioether (sulfide) groups is 1. The number of methoxy groups -OCH3 is 1. The van der Waals surface area contributed by atoms with E-state index >= 15 is 4.39 Å². The molecule has 0 amide bonds. The summed E-state index contributed by atoms with van der Waals surface area (Å²) in [6.45, 7) is 0.746. The predicted molar refractivity (Wildman–Crippen MR) is 168 cm³/mol. The van der Waals surface area contributed by atoms with Gasteiger partial charge < -0.3 is 19.9 Å². The number of pyridine rings is 2. The quantitative estimate of drug-likeness (QED) is 0.133. The summed E-state index contributed by atoms with van der Waals surface area (Å²) in [5, 5.41) is 6.11. The average Bonchev–Trinajstić information content (AvgIpc) is 3.52. The first-order chi connectivity index (χ1) is 21.9. The first-order valence-corrected chi connectivity index (χ1v) is 15.3. The number of nitrogen functional groups attached to an aromatic ring is 1. The van der Waals surface area contributed by atoms with Crippen LogP contribution in [0, 0.1) is 5.82 Å². The Morgan fingerprint density at radius 3 is 2.64 bits per heavy atom. The van der Waals surface area contributed by atoms with Crippen LogP contribution in [-0.2, 0) is 11.3 Å². The van der Waals surface area contributed by atoms with E-state index in [1.807, 2.05) is 24.3 Å². The second-order valence-corrected chi connectivity index (χ2v) is 11.7. The van der Waals surface area contributed by atoms with Crippen molar-refractivity contribution in [3.8, 4) is 22.8 Å². The van der Waals surface area contributed by atoms with E-state index in [-0.39, 0.29) is 34.8 Å². The monoisotopic (exact) mass is 631 g/mol. The third-order valence-electron chi connectivity index (χ3n) is 7.92. The number of hydrogen-bond donors (Lipinski definition) is 1. The zero-order chi connectivity index (χ0) is 31.1. The van der Waals surface area contributed by atoms with Crippen LogP contribution in [0.25, 0.3) is 43.8 Å². The molecule has 0 radical (unpaired) electrons. The number of fused-ring (bicyclic) bond motifs is 4. The Hall–Kier alpha value is -4.55. The van der Waals surface area contributed by atoms with Crippen LogP contribution in [0.5, 0.6) is 11.6 Å². The molecule has 3 aromatic heterocycles. The molecule has 1 aliphatic heterocycles. The highest BCUT2D eigenvalue weighted by Crippen LogP contribution is 2.46. The fourth-order valence-corrected chi connectivity index (χ4v) is 6.43. The van der Waals surface area contributed by atoms with Crippen LogP contribution in [0.3, 0.4) is 0 Å². The SMILES string of the molecule is COc1ccc(COc2nc3c(cc(SC(F)F)c4ncccc43)c(-c3ccc(F)c4nn(C5CCCCO5)cc34)c2N)cc1. The van der Waals surface area contributed by atoms with E-state index in [0.29, 0.717) is 62.4 Å². The van der Waals surface area contributed by atoms with Gasteiger partial charge >= 0.3 is 0 Å². The smallest absolute Gasteiger partial charge is 0.288 e. The maximum atomic E-state index is 15.2. The van der Waals surface area contributed by atoms with E-state index in [0.717, 1.165) is 24.8 Å². The van der Waals surface area contributed by atoms with Gasteiger partial charge in [-0.25, -0.2) is 14.1 Å². The topological polar surface area (TPSA) is 97.3 Å². The summed E-state index contributed by atoms with van der Waals surface area (Å²) in [6.07, 6.45) is 5.66. The van der Waals surface area contributed by atoms with E-state index in [9.17, 15) is 8.78 Å². The molecule has 8 nitrogen and oxygen atoms in total. The molecule has 1 unspecified atom stereocenters. The number of hydrogen-bond acceptors (Lipinski definition) is 8. The molecule has 1 aliphatic rings. The van der Waals surface area contributed by atoms with Crippen molar-refractivity contribution >= 4 is 50.2 Å². The average molecular weight is 632 g/mol. The molecule has 0 bridgehead atoms. The minimum Gasteiger partial charge on any atom is -0.497 e. The van der Waals surface area contributed by atoms with Crippen molar-refractivity contribution in [1.29, 1.82) is 0 Å². The molecule has 3 aromatic carbocycles. The first-order valence-electron chi connectivity index (χ1n) is 14.4. The molecule has 6 aromatic rings. The molecule has 45 heavy (non-hydrogen) atoms. The molecule has 1 fully saturated rings. The van der Waals surface area contributed by atoms with E-state index < -0.39 is 11.6 Å². The lowest BCUT2D eigenvalue weighted by atomic mass is 9.95. The fraction of sp³-hybridized carbons (Fsp3) is 0.242. The number of anilines is 1. The van der Waals surface area contributed by atoms with Gasteiger partial charge in [-0.2, -0.15) is 13.9 Å². The van der Waals surface area contributed by atoms with Crippen molar-refractivity contribution < 1.29 is 27.4 Å². The standard InChI is InChI=1S/C33H28F3N5O3S/c1-42-19-9-7-18(8-10-19)17-44-32-28(37)27(22-15-25(45-33(35)36)31-21(29(22)39-32)5-4-13-38-31)20-11-12-24(34)30-23(20)16-41(40-30)26-6-2-3-14-43-26/h4-5,7-13,15-16,26,33H,2-3,6,14,17,37H2,1H3. The van der Waals surface area contributed by atoms with Crippen molar-refractivity contribution in [3.05, 3.63) is 78.4 Å². The number of alkyl halides is 2. The Morgan fingerprint density at radius 1 is 1.04 bits per heavy atom. The van der Waals surface area contributed by atoms with Crippen LogP contribution >= 0.6 is 11.8 Å². The van der Waals surface area contributed by atoms with Crippen LogP contribution in [0.15, 0.2) is 71.9 Å². The molecule has 1 saturated heterocycles. The molecule has 12 heteroatoms. The van der Waals surface area contributed by atoms with E-state index in [4.69, 9.17) is 24.9 Å². The zero-order valence-corrected chi connectivity index (χ0v) is 25.0. The lowest BCUT2D eigenvalue weighted by Crippen LogP contribution is -2.18. The second-order valence-electron chi connectivity index (χ2n) is 10.7. The van der Waals surface area contributed by atoms with Gasteiger partial charge in [0.05, 0.1) is 18.1 Å². The van der Waals surface area contributed by atoms with Gasteiger partial charge in [-0.1, -0.05) is 30.0 Å². The number of halogens is 3. The van der Waals surface area contributed by atoms with Gasteiger partial charge in [0.1, 0.15) is 29.8 Å². The number of aromatic nitrogens is 4. The highest BCUT2D eigenvalue weighted by Gasteiger charge is 2.25. The third kappa shape index (κ3) is 5.48. The summed E-state index contributed by atoms with van der Waals surface area (Å²) in [5.41, 5.74) is 9.90. The fourth-order valence-electron chi connectivity index (χ4n) is 5.78. The van der Waals surface area contributed by atoms with Gasteiger partial charge in [-0.05, 0) is 66.8 Å². The lowest BCUT2D eigenvalue weighted by molar-refractivity contribution is -0.0391. The van der Waals surface area contributed by atoms with Crippen molar-refractivity contribution in [2.75, 3.05) is 19.5 Å². The van der Waals surface area contributed by atoms with Crippen molar-refractivity contribution in [1.82, 2.24) is 19.7 Å². The second kappa shape index (κ2) is 12.1. The number of nitrogens with two attached hydrogens (primary N) is 1. The van der Waals surface area contributed by atoms with Crippen LogP contribution < -0.4 is 15.2 Å². The number of ether oxygens (including phenoxy) is 3. The molecule has 0 saturated carbocycles. The van der Waals surface area contributed by atoms with Gasteiger partial charge in [-0.15, -0.1) is 0 Å². The molecule has 2 N–H and O–H groups in total. The first kappa shape index (κ1) is 29.2. The third-order valence-corrected chi connectivity index (χ3v) is 8.67. The maximum absolute atomic E-state index is 15.2. The number of nitrogens with zero attached hydrogens (tertiary/aromatic N) is 4. The van der Waals surface area contributed by atoms with Crippen molar-refractivity contribution in [3.63, 3.8) is 0 Å². The summed E-state index contributed by atoms with van der Waals surface area (Å²) >= 11 is 0.397. The minimum absolute atomic E-state index is 0.146. The van der Waals surface area contributed by atoms with E-state index in [2.05, 4.69) is 10.1 Å². The molecule has 230 valence electrons. The highest BCUT2D eigenvalue weighted by molar-refractivity contribution is 7.99. The van der Waals surface area contributed by atoms with Gasteiger partial charge in [0.2, 0.25) is 5.88 Å². The zero-order valence-electron chi connectivity index (χ0n) is 24.2. The number of benzene rings is 3. The van der Waals surface area contributed by atoms with Gasteiger partial charge in [0.15, 0.2) is 5.82 Å². The van der Waals surface area contributed by atoms with Gasteiger partial charge in [0.25, 0.3) is 5.76 Å². The Kier molecular flexibility index (Phi) is 7.84. The summed E-state index contributed by atoms with van der Waals surface area (Å²) in [5.74, 6) is -2.33. The molecular weight excluding hydrogens is 603 g/mol. The highest BCUT2D eigenvalue weighted by atomic mass is 32.2. The van der Waals surface area contributed by atoms with Crippen LogP contribution in [0.2, 0.25) is 0 Å². The van der Waals surface area contributed by atoms with Crippen LogP contribution in [0.1, 0.15) is 31.1 Å². The Morgan fingerprint density at radius 2 is 1.89 bits per heavy atom. The Bertz CT molecular complexity index is 2030. The van der Waals surface area contributed by atoms with Gasteiger partial charge in [0, 0.05) is 45.6 Å². The van der Waals surface area contributed by atoms with Crippen molar-refractivity contribution in [2.45, 2.75) is 42.8 Å². The Balaban J connectivity index is 1.46. The molecular formula is C33H28F3N5O3S. The lowest BCUT2D eigenvalue weighted by Gasteiger charge is -2.22. The molecule has 4 heterocycles. The Labute approximate surface area is 260 Å². The number of rotatable bonds is 8. The summed E-state index contributed by atoms with van der Waals surface area (Å²) in [7, 11) is 1.59. The normalized spacial score (nSPS) is 15.4. The maximum Gasteiger partial charge on any atom is 0.288 e. The summed E-state index contributed by atoms with van der Waals surface area (Å²) in [4.78, 5) is 9.49. The summed E-state index contributed by atoms with van der Waals surface area (Å²) < 4.78 is 61.8.